The van der Waals surface area contributed by atoms with Crippen LogP contribution in [0.1, 0.15) is 15.9 Å². The monoisotopic (exact) mass is 396 g/mol. The van der Waals surface area contributed by atoms with E-state index in [2.05, 4.69) is 22.3 Å². The van der Waals surface area contributed by atoms with Gasteiger partial charge in [-0.2, -0.15) is 0 Å². The van der Waals surface area contributed by atoms with Crippen molar-refractivity contribution in [2.24, 2.45) is 0 Å². The molecule has 0 radical (unpaired) electrons. The van der Waals surface area contributed by atoms with Crippen LogP contribution in [0.15, 0.2) is 42.5 Å². The summed E-state index contributed by atoms with van der Waals surface area (Å²) in [6.07, 6.45) is -0.132. The molecule has 1 amide bonds. The van der Waals surface area contributed by atoms with Crippen LogP contribution in [0, 0.1) is 5.82 Å². The molecule has 1 unspecified atom stereocenters. The molecule has 0 aromatic heterocycles. The van der Waals surface area contributed by atoms with Crippen molar-refractivity contribution >= 4 is 29.1 Å². The third-order valence-corrected chi connectivity index (χ3v) is 4.82. The third-order valence-electron chi connectivity index (χ3n) is 4.22. The molecule has 138 valence electrons. The highest BCUT2D eigenvalue weighted by Gasteiger charge is 2.22. The Kier molecular flexibility index (Phi) is 6.48. The van der Waals surface area contributed by atoms with Crippen molar-refractivity contribution in [1.29, 1.82) is 0 Å². The fourth-order valence-corrected chi connectivity index (χ4v) is 3.36. The van der Waals surface area contributed by atoms with Crippen LogP contribution in [0.5, 0.6) is 0 Å². The topological polar surface area (TPSA) is 41.6 Å². The summed E-state index contributed by atoms with van der Waals surface area (Å²) < 4.78 is 19.3. The zero-order chi connectivity index (χ0) is 18.5. The van der Waals surface area contributed by atoms with Crippen molar-refractivity contribution in [3.05, 3.63) is 69.5 Å². The average molecular weight is 397 g/mol. The predicted molar refractivity (Wildman–Crippen MR) is 100 cm³/mol. The summed E-state index contributed by atoms with van der Waals surface area (Å²) in [6, 6.07) is 12.5. The van der Waals surface area contributed by atoms with Crippen molar-refractivity contribution in [3.8, 4) is 0 Å². The zero-order valence-electron chi connectivity index (χ0n) is 14.1. The van der Waals surface area contributed by atoms with Crippen LogP contribution in [0.25, 0.3) is 0 Å². The summed E-state index contributed by atoms with van der Waals surface area (Å²) >= 11 is 11.6. The van der Waals surface area contributed by atoms with E-state index in [0.717, 1.165) is 19.2 Å². The number of amides is 1. The molecular weight excluding hydrogens is 378 g/mol. The van der Waals surface area contributed by atoms with Crippen molar-refractivity contribution in [2.45, 2.75) is 12.6 Å². The largest absolute Gasteiger partial charge is 0.374 e. The number of ether oxygens (including phenoxy) is 1. The Morgan fingerprint density at radius 3 is 2.77 bits per heavy atom. The van der Waals surface area contributed by atoms with Gasteiger partial charge in [-0.1, -0.05) is 53.5 Å². The van der Waals surface area contributed by atoms with Gasteiger partial charge in [-0.15, -0.1) is 0 Å². The lowest BCUT2D eigenvalue weighted by atomic mass is 10.1. The molecular formula is C19H19Cl2FN2O2. The van der Waals surface area contributed by atoms with Crippen LogP contribution >= 0.6 is 23.2 Å². The molecule has 7 heteroatoms. The maximum atomic E-state index is 13.6. The Bertz CT molecular complexity index is 774. The first-order valence-electron chi connectivity index (χ1n) is 8.33. The summed E-state index contributed by atoms with van der Waals surface area (Å²) in [5.74, 6) is -1.13. The van der Waals surface area contributed by atoms with Gasteiger partial charge in [-0.3, -0.25) is 9.69 Å². The van der Waals surface area contributed by atoms with E-state index in [0.29, 0.717) is 19.7 Å². The number of carbonyl (C=O) groups is 1. The quantitative estimate of drug-likeness (QED) is 0.782. The van der Waals surface area contributed by atoms with Gasteiger partial charge in [-0.05, 0) is 17.7 Å². The summed E-state index contributed by atoms with van der Waals surface area (Å²) in [7, 11) is 0. The van der Waals surface area contributed by atoms with Gasteiger partial charge in [-0.25, -0.2) is 4.39 Å². The maximum absolute atomic E-state index is 13.6. The van der Waals surface area contributed by atoms with Gasteiger partial charge in [0.1, 0.15) is 5.82 Å². The number of morpholine rings is 1. The number of hydrogen-bond donors (Lipinski definition) is 1. The first kappa shape index (κ1) is 19.1. The number of nitrogens with zero attached hydrogens (tertiary/aromatic N) is 1. The maximum Gasteiger partial charge on any atom is 0.252 e. The van der Waals surface area contributed by atoms with Crippen LogP contribution in [-0.4, -0.2) is 43.2 Å². The van der Waals surface area contributed by atoms with Crippen LogP contribution in [0.4, 0.5) is 4.39 Å². The zero-order valence-corrected chi connectivity index (χ0v) is 15.6. The Hall–Kier alpha value is -1.66. The van der Waals surface area contributed by atoms with Gasteiger partial charge in [0.05, 0.1) is 28.3 Å². The molecule has 1 fully saturated rings. The predicted octanol–water partition coefficient (Wildman–Crippen LogP) is 3.76. The standard InChI is InChI=1S/C19H19Cl2FN2O2/c20-16-9-17(21)18(22)8-15(16)19(25)23-10-14-12-24(6-7-26-14)11-13-4-2-1-3-5-13/h1-5,8-9,14H,6-7,10-12H2,(H,23,25). The number of halogens is 3. The van der Waals surface area contributed by atoms with E-state index < -0.39 is 11.7 Å². The molecule has 3 rings (SSSR count). The Morgan fingerprint density at radius 2 is 2.00 bits per heavy atom. The molecule has 2 aromatic rings. The SMILES string of the molecule is O=C(NCC1CN(Cc2ccccc2)CCO1)c1cc(F)c(Cl)cc1Cl. The number of hydrogen-bond acceptors (Lipinski definition) is 3. The molecule has 1 atom stereocenters. The van der Waals surface area contributed by atoms with Crippen LogP contribution in [0.3, 0.4) is 0 Å². The van der Waals surface area contributed by atoms with Gasteiger partial charge in [0, 0.05) is 26.2 Å². The van der Waals surface area contributed by atoms with Gasteiger partial charge in [0.15, 0.2) is 0 Å². The molecule has 26 heavy (non-hydrogen) atoms. The highest BCUT2D eigenvalue weighted by molar-refractivity contribution is 6.36. The number of carbonyl (C=O) groups excluding carboxylic acids is 1. The molecule has 1 saturated heterocycles. The Labute approximate surface area is 161 Å². The van der Waals surface area contributed by atoms with E-state index in [1.54, 1.807) is 0 Å². The number of nitrogens with one attached hydrogen (secondary N) is 1. The lowest BCUT2D eigenvalue weighted by molar-refractivity contribution is -0.0292. The first-order chi connectivity index (χ1) is 12.5. The van der Waals surface area contributed by atoms with Crippen LogP contribution in [-0.2, 0) is 11.3 Å². The molecule has 2 aromatic carbocycles. The van der Waals surface area contributed by atoms with Crippen molar-refractivity contribution < 1.29 is 13.9 Å². The molecule has 0 bridgehead atoms. The van der Waals surface area contributed by atoms with E-state index in [1.165, 1.54) is 11.6 Å². The summed E-state index contributed by atoms with van der Waals surface area (Å²) in [6.45, 7) is 3.31. The van der Waals surface area contributed by atoms with E-state index in [-0.39, 0.29) is 21.7 Å². The van der Waals surface area contributed by atoms with Crippen molar-refractivity contribution in [2.75, 3.05) is 26.2 Å². The normalized spacial score (nSPS) is 17.9. The number of benzene rings is 2. The van der Waals surface area contributed by atoms with Gasteiger partial charge >= 0.3 is 0 Å². The van der Waals surface area contributed by atoms with Crippen molar-refractivity contribution in [3.63, 3.8) is 0 Å². The second kappa shape index (κ2) is 8.82. The summed E-state index contributed by atoms with van der Waals surface area (Å²) in [4.78, 5) is 14.6. The van der Waals surface area contributed by atoms with E-state index >= 15 is 0 Å². The second-order valence-corrected chi connectivity index (χ2v) is 6.98. The molecule has 4 nitrogen and oxygen atoms in total. The molecule has 0 saturated carbocycles. The van der Waals surface area contributed by atoms with Crippen LogP contribution < -0.4 is 5.32 Å². The number of rotatable bonds is 5. The molecule has 1 aliphatic heterocycles. The van der Waals surface area contributed by atoms with E-state index in [9.17, 15) is 9.18 Å². The minimum Gasteiger partial charge on any atom is -0.374 e. The van der Waals surface area contributed by atoms with E-state index in [4.69, 9.17) is 27.9 Å². The molecule has 0 aliphatic carbocycles. The molecule has 1 aliphatic rings. The molecule has 0 spiro atoms. The smallest absolute Gasteiger partial charge is 0.252 e. The van der Waals surface area contributed by atoms with Gasteiger partial charge < -0.3 is 10.1 Å². The molecule has 1 heterocycles. The molecule has 1 N–H and O–H groups in total. The Balaban J connectivity index is 1.54. The highest BCUT2D eigenvalue weighted by atomic mass is 35.5. The van der Waals surface area contributed by atoms with Gasteiger partial charge in [0.2, 0.25) is 0 Å². The lowest BCUT2D eigenvalue weighted by Crippen LogP contribution is -2.47. The average Bonchev–Trinajstić information content (AvgIpc) is 2.64. The fraction of sp³-hybridized carbons (Fsp3) is 0.316. The highest BCUT2D eigenvalue weighted by Crippen LogP contribution is 2.24. The van der Waals surface area contributed by atoms with Crippen LogP contribution in [0.2, 0.25) is 10.0 Å². The third kappa shape index (κ3) is 4.95. The minimum atomic E-state index is -0.677. The minimum absolute atomic E-state index is 0.0607. The Morgan fingerprint density at radius 1 is 1.23 bits per heavy atom. The lowest BCUT2D eigenvalue weighted by Gasteiger charge is -2.33. The van der Waals surface area contributed by atoms with Gasteiger partial charge in [0.25, 0.3) is 5.91 Å². The first-order valence-corrected chi connectivity index (χ1v) is 9.09. The van der Waals surface area contributed by atoms with E-state index in [1.807, 2.05) is 18.2 Å². The fourth-order valence-electron chi connectivity index (χ4n) is 2.89. The summed E-state index contributed by atoms with van der Waals surface area (Å²) in [5, 5.41) is 2.76. The second-order valence-electron chi connectivity index (χ2n) is 6.17. The van der Waals surface area contributed by atoms with Crippen molar-refractivity contribution in [1.82, 2.24) is 10.2 Å². The summed E-state index contributed by atoms with van der Waals surface area (Å²) in [5.41, 5.74) is 1.30.